The summed E-state index contributed by atoms with van der Waals surface area (Å²) in [4.78, 5) is 17.1. The number of hydrogen-bond acceptors (Lipinski definition) is 7. The van der Waals surface area contributed by atoms with Crippen LogP contribution in [0.2, 0.25) is 0 Å². The molecule has 2 aliphatic heterocycles. The van der Waals surface area contributed by atoms with E-state index in [-0.39, 0.29) is 18.2 Å². The molecule has 0 saturated carbocycles. The van der Waals surface area contributed by atoms with Gasteiger partial charge in [-0.3, -0.25) is 14.1 Å². The summed E-state index contributed by atoms with van der Waals surface area (Å²) in [6.07, 6.45) is 7.81. The van der Waals surface area contributed by atoms with E-state index in [0.717, 1.165) is 50.5 Å². The number of likely N-dealkylation sites (tertiary alicyclic amines) is 1. The second-order valence-electron chi connectivity index (χ2n) is 11.1. The molecule has 0 spiro atoms. The molecule has 0 aromatic carbocycles. The smallest absolute Gasteiger partial charge is 0.410 e. The Bertz CT molecular complexity index is 994. The summed E-state index contributed by atoms with van der Waals surface area (Å²) >= 11 is 0. The fraction of sp³-hybridized carbons (Fsp3) is 0.760. The van der Waals surface area contributed by atoms with Gasteiger partial charge >= 0.3 is 6.09 Å². The predicted molar refractivity (Wildman–Crippen MR) is 133 cm³/mol. The highest BCUT2D eigenvalue weighted by Crippen LogP contribution is 2.35. The van der Waals surface area contributed by atoms with Crippen LogP contribution in [-0.2, 0) is 29.5 Å². The Labute approximate surface area is 208 Å². The zero-order valence-corrected chi connectivity index (χ0v) is 22.1. The van der Waals surface area contributed by atoms with Gasteiger partial charge in [0, 0.05) is 32.9 Å². The van der Waals surface area contributed by atoms with Gasteiger partial charge < -0.3 is 14.4 Å². The number of rotatable bonds is 8. The lowest BCUT2D eigenvalue weighted by atomic mass is 10.0. The van der Waals surface area contributed by atoms with Gasteiger partial charge in [-0.25, -0.2) is 4.79 Å². The maximum Gasteiger partial charge on any atom is 0.410 e. The number of ether oxygens (including phenoxy) is 2. The monoisotopic (exact) mass is 487 g/mol. The number of aromatic nitrogens is 5. The molecule has 10 heteroatoms. The fourth-order valence-corrected chi connectivity index (χ4v) is 5.05. The molecule has 2 aromatic heterocycles. The van der Waals surface area contributed by atoms with Gasteiger partial charge in [0.1, 0.15) is 5.60 Å². The average molecular weight is 488 g/mol. The summed E-state index contributed by atoms with van der Waals surface area (Å²) in [6.45, 7) is 13.5. The molecule has 194 valence electrons. The average Bonchev–Trinajstić information content (AvgIpc) is 3.53. The van der Waals surface area contributed by atoms with Crippen molar-refractivity contribution in [3.8, 4) is 0 Å². The number of carbonyl (C=O) groups excluding carboxylic acids is 1. The molecule has 2 fully saturated rings. The number of amides is 1. The molecular weight excluding hydrogens is 446 g/mol. The Hall–Kier alpha value is -2.62. The quantitative estimate of drug-likeness (QED) is 0.562. The van der Waals surface area contributed by atoms with Crippen LogP contribution in [0.15, 0.2) is 12.4 Å². The van der Waals surface area contributed by atoms with E-state index >= 15 is 0 Å². The van der Waals surface area contributed by atoms with Crippen molar-refractivity contribution >= 4 is 12.0 Å². The topological polar surface area (TPSA) is 90.5 Å². The highest BCUT2D eigenvalue weighted by Gasteiger charge is 2.38. The summed E-state index contributed by atoms with van der Waals surface area (Å²) < 4.78 is 15.6. The Morgan fingerprint density at radius 3 is 2.69 bits per heavy atom. The maximum absolute atomic E-state index is 12.9. The fourth-order valence-electron chi connectivity index (χ4n) is 5.05. The maximum atomic E-state index is 12.9. The number of hydrogen-bond donors (Lipinski definition) is 0. The minimum absolute atomic E-state index is 0.140. The van der Waals surface area contributed by atoms with E-state index in [1.165, 1.54) is 5.56 Å². The van der Waals surface area contributed by atoms with Gasteiger partial charge in [0.2, 0.25) is 5.95 Å². The van der Waals surface area contributed by atoms with Gasteiger partial charge in [0.05, 0.1) is 31.5 Å². The van der Waals surface area contributed by atoms with Crippen molar-refractivity contribution in [3.63, 3.8) is 0 Å². The molecule has 2 atom stereocenters. The highest BCUT2D eigenvalue weighted by molar-refractivity contribution is 5.69. The van der Waals surface area contributed by atoms with Gasteiger partial charge in [-0.1, -0.05) is 0 Å². The van der Waals surface area contributed by atoms with Crippen LogP contribution in [-0.4, -0.2) is 73.5 Å². The van der Waals surface area contributed by atoms with Crippen molar-refractivity contribution in [3.05, 3.63) is 23.8 Å². The molecule has 1 unspecified atom stereocenters. The molecule has 2 aliphatic rings. The van der Waals surface area contributed by atoms with Gasteiger partial charge in [0.25, 0.3) is 0 Å². The first-order chi connectivity index (χ1) is 16.6. The molecule has 4 rings (SSSR count). The summed E-state index contributed by atoms with van der Waals surface area (Å²) in [7, 11) is 1.96. The van der Waals surface area contributed by atoms with Crippen molar-refractivity contribution < 1.29 is 14.3 Å². The Kier molecular flexibility index (Phi) is 7.68. The first-order valence-electron chi connectivity index (χ1n) is 12.9. The van der Waals surface area contributed by atoms with Crippen LogP contribution in [0, 0.1) is 5.92 Å². The van der Waals surface area contributed by atoms with Crippen LogP contribution in [0.1, 0.15) is 71.3 Å². The van der Waals surface area contributed by atoms with Crippen molar-refractivity contribution in [1.82, 2.24) is 29.4 Å². The third kappa shape index (κ3) is 6.34. The molecular formula is C25H41N7O3. The molecule has 2 aromatic rings. The standard InChI is InChI=1S/C25H41N7O3/c1-18(2)34-13-12-32-22(21-8-7-10-31(21)24(33)35-25(3,4)5)27-28-23(32)30-11-9-19(17-30)14-20-15-26-29(6)16-20/h15-16,18-19,21H,7-14,17H2,1-6H3/t19?,21-/m0/s1. The lowest BCUT2D eigenvalue weighted by Gasteiger charge is -2.29. The Morgan fingerprint density at radius 1 is 1.20 bits per heavy atom. The molecule has 0 aliphatic carbocycles. The van der Waals surface area contributed by atoms with Crippen LogP contribution in [0.5, 0.6) is 0 Å². The van der Waals surface area contributed by atoms with E-state index < -0.39 is 5.60 Å². The van der Waals surface area contributed by atoms with Gasteiger partial charge in [0.15, 0.2) is 5.82 Å². The van der Waals surface area contributed by atoms with E-state index in [2.05, 4.69) is 31.0 Å². The van der Waals surface area contributed by atoms with Crippen LogP contribution < -0.4 is 4.90 Å². The van der Waals surface area contributed by atoms with Gasteiger partial charge in [-0.15, -0.1) is 10.2 Å². The van der Waals surface area contributed by atoms with Crippen LogP contribution >= 0.6 is 0 Å². The lowest BCUT2D eigenvalue weighted by molar-refractivity contribution is 0.0213. The van der Waals surface area contributed by atoms with E-state index in [9.17, 15) is 4.79 Å². The lowest BCUT2D eigenvalue weighted by Crippen LogP contribution is -2.37. The van der Waals surface area contributed by atoms with Gasteiger partial charge in [-0.05, 0) is 71.8 Å². The Morgan fingerprint density at radius 2 is 2.00 bits per heavy atom. The van der Waals surface area contributed by atoms with Crippen LogP contribution in [0.4, 0.5) is 10.7 Å². The van der Waals surface area contributed by atoms with Gasteiger partial charge in [-0.2, -0.15) is 5.10 Å². The Balaban J connectivity index is 1.53. The van der Waals surface area contributed by atoms with E-state index in [1.54, 1.807) is 0 Å². The predicted octanol–water partition coefficient (Wildman–Crippen LogP) is 3.58. The third-order valence-electron chi connectivity index (χ3n) is 6.56. The van der Waals surface area contributed by atoms with E-state index in [0.29, 0.717) is 25.6 Å². The second-order valence-corrected chi connectivity index (χ2v) is 11.1. The molecule has 35 heavy (non-hydrogen) atoms. The molecule has 4 heterocycles. The highest BCUT2D eigenvalue weighted by atomic mass is 16.6. The van der Waals surface area contributed by atoms with Crippen LogP contribution in [0.25, 0.3) is 0 Å². The first kappa shape index (κ1) is 25.5. The molecule has 0 N–H and O–H groups in total. The molecule has 0 radical (unpaired) electrons. The zero-order chi connectivity index (χ0) is 25.2. The third-order valence-corrected chi connectivity index (χ3v) is 6.56. The zero-order valence-electron chi connectivity index (χ0n) is 22.1. The minimum Gasteiger partial charge on any atom is -0.444 e. The summed E-state index contributed by atoms with van der Waals surface area (Å²) in [5, 5.41) is 13.6. The molecule has 2 saturated heterocycles. The molecule has 10 nitrogen and oxygen atoms in total. The normalized spacial score (nSPS) is 20.9. The minimum atomic E-state index is -0.535. The first-order valence-corrected chi connectivity index (χ1v) is 12.9. The van der Waals surface area contributed by atoms with E-state index in [4.69, 9.17) is 9.47 Å². The number of anilines is 1. The second kappa shape index (κ2) is 10.6. The van der Waals surface area contributed by atoms with Crippen molar-refractivity contribution in [2.24, 2.45) is 13.0 Å². The van der Waals surface area contributed by atoms with Crippen molar-refractivity contribution in [2.45, 2.75) is 84.6 Å². The largest absolute Gasteiger partial charge is 0.444 e. The number of nitrogens with zero attached hydrogens (tertiary/aromatic N) is 7. The summed E-state index contributed by atoms with van der Waals surface area (Å²) in [5.74, 6) is 2.24. The van der Waals surface area contributed by atoms with Crippen molar-refractivity contribution in [2.75, 3.05) is 31.1 Å². The summed E-state index contributed by atoms with van der Waals surface area (Å²) in [5.41, 5.74) is 0.735. The number of carbonyl (C=O) groups is 1. The van der Waals surface area contributed by atoms with Crippen LogP contribution in [0.3, 0.4) is 0 Å². The summed E-state index contributed by atoms with van der Waals surface area (Å²) in [6, 6.07) is -0.140. The van der Waals surface area contributed by atoms with E-state index in [1.807, 2.05) is 57.4 Å². The SMILES string of the molecule is CC(C)OCCn1c([C@@H]2CCCN2C(=O)OC(C)(C)C)nnc1N1CCC(Cc2cnn(C)c2)C1. The molecule has 1 amide bonds. The molecule has 0 bridgehead atoms. The number of aryl methyl sites for hydroxylation is 1. The van der Waals surface area contributed by atoms with Crippen molar-refractivity contribution in [1.29, 1.82) is 0 Å².